The summed E-state index contributed by atoms with van der Waals surface area (Å²) in [5.74, 6) is 0. The molecule has 0 amide bonds. The minimum atomic E-state index is -3.70. The first kappa shape index (κ1) is 14.3. The van der Waals surface area contributed by atoms with Gasteiger partial charge >= 0.3 is 6.01 Å². The number of methoxy groups -OCH3 is 1. The molecule has 0 bridgehead atoms. The van der Waals surface area contributed by atoms with E-state index >= 15 is 0 Å². The van der Waals surface area contributed by atoms with Crippen molar-refractivity contribution in [3.05, 3.63) is 54.9 Å². The molecule has 0 saturated heterocycles. The van der Waals surface area contributed by atoms with E-state index in [0.29, 0.717) is 0 Å². The number of nitrogens with zero attached hydrogens (tertiary/aromatic N) is 2. The molecule has 0 unspecified atom stereocenters. The molecule has 3 rings (SSSR count). The van der Waals surface area contributed by atoms with Gasteiger partial charge in [-0.25, -0.2) is 18.4 Å². The number of anilines is 1. The van der Waals surface area contributed by atoms with E-state index < -0.39 is 10.0 Å². The lowest BCUT2D eigenvalue weighted by molar-refractivity contribution is 0.380. The quantitative estimate of drug-likeness (QED) is 0.799. The molecule has 0 aliphatic carbocycles. The van der Waals surface area contributed by atoms with E-state index in [1.165, 1.54) is 19.5 Å². The predicted molar refractivity (Wildman–Crippen MR) is 83.3 cm³/mol. The van der Waals surface area contributed by atoms with Crippen molar-refractivity contribution >= 4 is 26.5 Å². The standard InChI is InChI=1S/C15H13N3O3S/c1-21-15-16-9-13(10-17-15)18-22(19,20)14-7-6-11-4-2-3-5-12(11)8-14/h2-10,18H,1H3. The number of ether oxygens (including phenoxy) is 1. The summed E-state index contributed by atoms with van der Waals surface area (Å²) in [5.41, 5.74) is 0.272. The molecule has 0 aliphatic rings. The Kier molecular flexibility index (Phi) is 3.64. The molecule has 1 N–H and O–H groups in total. The van der Waals surface area contributed by atoms with Crippen LogP contribution in [0.3, 0.4) is 0 Å². The summed E-state index contributed by atoms with van der Waals surface area (Å²) in [7, 11) is -2.26. The van der Waals surface area contributed by atoms with Gasteiger partial charge in [-0.3, -0.25) is 4.72 Å². The summed E-state index contributed by atoms with van der Waals surface area (Å²) in [6, 6.07) is 12.7. The highest BCUT2D eigenvalue weighted by Gasteiger charge is 2.15. The monoisotopic (exact) mass is 315 g/mol. The minimum absolute atomic E-state index is 0.175. The van der Waals surface area contributed by atoms with Crippen molar-refractivity contribution in [2.75, 3.05) is 11.8 Å². The maximum atomic E-state index is 12.4. The fraction of sp³-hybridized carbons (Fsp3) is 0.0667. The number of benzene rings is 2. The lowest BCUT2D eigenvalue weighted by atomic mass is 10.1. The Hall–Kier alpha value is -2.67. The van der Waals surface area contributed by atoms with Crippen LogP contribution < -0.4 is 9.46 Å². The summed E-state index contributed by atoms with van der Waals surface area (Å²) in [4.78, 5) is 7.91. The van der Waals surface area contributed by atoms with E-state index in [4.69, 9.17) is 4.74 Å². The highest BCUT2D eigenvalue weighted by Crippen LogP contribution is 2.21. The van der Waals surface area contributed by atoms with Crippen molar-refractivity contribution in [1.82, 2.24) is 9.97 Å². The summed E-state index contributed by atoms with van der Waals surface area (Å²) in [5, 5.41) is 1.84. The average Bonchev–Trinajstić information content (AvgIpc) is 2.55. The Labute approximate surface area is 127 Å². The van der Waals surface area contributed by atoms with Gasteiger partial charge in [-0.15, -0.1) is 0 Å². The van der Waals surface area contributed by atoms with Crippen molar-refractivity contribution in [1.29, 1.82) is 0 Å². The molecular formula is C15H13N3O3S. The molecule has 7 heteroatoms. The van der Waals surface area contributed by atoms with Crippen LogP contribution >= 0.6 is 0 Å². The second kappa shape index (κ2) is 5.61. The third-order valence-electron chi connectivity index (χ3n) is 3.09. The highest BCUT2D eigenvalue weighted by molar-refractivity contribution is 7.92. The van der Waals surface area contributed by atoms with E-state index in [1.54, 1.807) is 18.2 Å². The lowest BCUT2D eigenvalue weighted by Crippen LogP contribution is -2.13. The Morgan fingerprint density at radius 1 is 1.00 bits per heavy atom. The summed E-state index contributed by atoms with van der Waals surface area (Å²) in [6.45, 7) is 0. The number of hydrogen-bond donors (Lipinski definition) is 1. The predicted octanol–water partition coefficient (Wildman–Crippen LogP) is 2.44. The topological polar surface area (TPSA) is 81.2 Å². The molecule has 1 heterocycles. The van der Waals surface area contributed by atoms with E-state index in [2.05, 4.69) is 14.7 Å². The first-order chi connectivity index (χ1) is 10.6. The van der Waals surface area contributed by atoms with E-state index in [-0.39, 0.29) is 16.6 Å². The Bertz CT molecular complexity index is 909. The fourth-order valence-electron chi connectivity index (χ4n) is 2.02. The van der Waals surface area contributed by atoms with Gasteiger partial charge < -0.3 is 4.74 Å². The third-order valence-corrected chi connectivity index (χ3v) is 4.47. The molecule has 0 aliphatic heterocycles. The van der Waals surface area contributed by atoms with Crippen LogP contribution in [0.4, 0.5) is 5.69 Å². The maximum absolute atomic E-state index is 12.4. The molecule has 0 atom stereocenters. The van der Waals surface area contributed by atoms with E-state index in [9.17, 15) is 8.42 Å². The molecule has 0 spiro atoms. The molecule has 22 heavy (non-hydrogen) atoms. The number of nitrogens with one attached hydrogen (secondary N) is 1. The average molecular weight is 315 g/mol. The molecule has 112 valence electrons. The minimum Gasteiger partial charge on any atom is -0.467 e. The van der Waals surface area contributed by atoms with Crippen molar-refractivity contribution in [3.8, 4) is 6.01 Å². The Morgan fingerprint density at radius 2 is 1.68 bits per heavy atom. The van der Waals surface area contributed by atoms with Crippen LogP contribution in [0.5, 0.6) is 6.01 Å². The van der Waals surface area contributed by atoms with Crippen LogP contribution in [0.2, 0.25) is 0 Å². The van der Waals surface area contributed by atoms with Crippen LogP contribution in [0.15, 0.2) is 59.8 Å². The van der Waals surface area contributed by atoms with Crippen molar-refractivity contribution in [3.63, 3.8) is 0 Å². The van der Waals surface area contributed by atoms with Gasteiger partial charge in [0.25, 0.3) is 10.0 Å². The van der Waals surface area contributed by atoms with Gasteiger partial charge in [0.15, 0.2) is 0 Å². The van der Waals surface area contributed by atoms with Crippen LogP contribution in [0.25, 0.3) is 10.8 Å². The Morgan fingerprint density at radius 3 is 2.36 bits per heavy atom. The molecular weight excluding hydrogens is 302 g/mol. The third kappa shape index (κ3) is 2.84. The summed E-state index contributed by atoms with van der Waals surface area (Å²) in [6.07, 6.45) is 2.70. The number of fused-ring (bicyclic) bond motifs is 1. The lowest BCUT2D eigenvalue weighted by Gasteiger charge is -2.08. The highest BCUT2D eigenvalue weighted by atomic mass is 32.2. The van der Waals surface area contributed by atoms with Gasteiger partial charge in [-0.05, 0) is 22.9 Å². The summed E-state index contributed by atoms with van der Waals surface area (Å²) < 4.78 is 32.1. The number of sulfonamides is 1. The molecule has 0 saturated carbocycles. The van der Waals surface area contributed by atoms with Crippen LogP contribution in [0.1, 0.15) is 0 Å². The van der Waals surface area contributed by atoms with Gasteiger partial charge in [0.1, 0.15) is 0 Å². The van der Waals surface area contributed by atoms with Gasteiger partial charge in [0.05, 0.1) is 30.1 Å². The molecule has 6 nitrogen and oxygen atoms in total. The number of aromatic nitrogens is 2. The van der Waals surface area contributed by atoms with Crippen molar-refractivity contribution in [2.45, 2.75) is 4.90 Å². The van der Waals surface area contributed by atoms with Crippen molar-refractivity contribution in [2.24, 2.45) is 0 Å². The first-order valence-corrected chi connectivity index (χ1v) is 7.94. The van der Waals surface area contributed by atoms with Crippen LogP contribution in [-0.2, 0) is 10.0 Å². The summed E-state index contributed by atoms with van der Waals surface area (Å²) >= 11 is 0. The van der Waals surface area contributed by atoms with Crippen LogP contribution in [0, 0.1) is 0 Å². The SMILES string of the molecule is COc1ncc(NS(=O)(=O)c2ccc3ccccc3c2)cn1. The molecule has 0 fully saturated rings. The second-order valence-corrected chi connectivity index (χ2v) is 6.26. The van der Waals surface area contributed by atoms with Gasteiger partial charge in [0.2, 0.25) is 0 Å². The van der Waals surface area contributed by atoms with Gasteiger partial charge in [-0.2, -0.15) is 0 Å². The number of rotatable bonds is 4. The Balaban J connectivity index is 1.93. The van der Waals surface area contributed by atoms with Crippen LogP contribution in [-0.4, -0.2) is 25.5 Å². The number of hydrogen-bond acceptors (Lipinski definition) is 5. The zero-order chi connectivity index (χ0) is 15.6. The fourth-order valence-corrected chi connectivity index (χ4v) is 3.09. The van der Waals surface area contributed by atoms with Crippen molar-refractivity contribution < 1.29 is 13.2 Å². The normalized spacial score (nSPS) is 11.3. The first-order valence-electron chi connectivity index (χ1n) is 6.46. The maximum Gasteiger partial charge on any atom is 0.316 e. The second-order valence-electron chi connectivity index (χ2n) is 4.57. The van der Waals surface area contributed by atoms with E-state index in [1.807, 2.05) is 24.3 Å². The smallest absolute Gasteiger partial charge is 0.316 e. The van der Waals surface area contributed by atoms with E-state index in [0.717, 1.165) is 10.8 Å². The zero-order valence-electron chi connectivity index (χ0n) is 11.7. The van der Waals surface area contributed by atoms with Gasteiger partial charge in [-0.1, -0.05) is 30.3 Å². The molecule has 3 aromatic rings. The zero-order valence-corrected chi connectivity index (χ0v) is 12.5. The largest absolute Gasteiger partial charge is 0.467 e. The molecule has 0 radical (unpaired) electrons. The molecule has 2 aromatic carbocycles. The van der Waals surface area contributed by atoms with Gasteiger partial charge in [0, 0.05) is 0 Å². The molecule has 1 aromatic heterocycles.